The third-order valence-corrected chi connectivity index (χ3v) is 3.49. The Hall–Kier alpha value is -0.400. The van der Waals surface area contributed by atoms with E-state index in [0.29, 0.717) is 26.0 Å². The van der Waals surface area contributed by atoms with E-state index >= 15 is 0 Å². The molecular formula is C13H28ClN3O3. The highest BCUT2D eigenvalue weighted by Gasteiger charge is 2.23. The Balaban J connectivity index is 0.00000361. The fraction of sp³-hybridized carbons (Fsp3) is 0.923. The number of hydrogen-bond donors (Lipinski definition) is 3. The van der Waals surface area contributed by atoms with Crippen LogP contribution in [0.25, 0.3) is 0 Å². The first kappa shape index (κ1) is 19.6. The van der Waals surface area contributed by atoms with Gasteiger partial charge in [0, 0.05) is 58.4 Å². The number of halogens is 1. The summed E-state index contributed by atoms with van der Waals surface area (Å²) in [6, 6.07) is 0. The van der Waals surface area contributed by atoms with Crippen LogP contribution in [0.2, 0.25) is 0 Å². The third kappa shape index (κ3) is 6.85. The number of nitrogens with one attached hydrogen (secondary N) is 2. The average molecular weight is 310 g/mol. The molecular weight excluding hydrogens is 282 g/mol. The van der Waals surface area contributed by atoms with Crippen molar-refractivity contribution in [1.82, 2.24) is 15.5 Å². The Morgan fingerprint density at radius 1 is 1.45 bits per heavy atom. The molecule has 0 bridgehead atoms. The molecule has 0 radical (unpaired) electrons. The van der Waals surface area contributed by atoms with Crippen molar-refractivity contribution in [3.63, 3.8) is 0 Å². The summed E-state index contributed by atoms with van der Waals surface area (Å²) in [4.78, 5) is 13.9. The lowest BCUT2D eigenvalue weighted by atomic mass is 9.99. The second kappa shape index (κ2) is 10.3. The van der Waals surface area contributed by atoms with Gasteiger partial charge < -0.3 is 25.4 Å². The molecule has 1 saturated heterocycles. The van der Waals surface area contributed by atoms with E-state index in [0.717, 1.165) is 26.2 Å². The highest BCUT2D eigenvalue weighted by molar-refractivity contribution is 5.85. The van der Waals surface area contributed by atoms with E-state index in [1.807, 2.05) is 11.8 Å². The van der Waals surface area contributed by atoms with Gasteiger partial charge in [-0.2, -0.15) is 0 Å². The molecule has 0 saturated carbocycles. The number of amides is 1. The van der Waals surface area contributed by atoms with Gasteiger partial charge in [-0.25, -0.2) is 0 Å². The summed E-state index contributed by atoms with van der Waals surface area (Å²) >= 11 is 0. The Morgan fingerprint density at radius 3 is 2.65 bits per heavy atom. The van der Waals surface area contributed by atoms with Crippen molar-refractivity contribution >= 4 is 18.3 Å². The van der Waals surface area contributed by atoms with Gasteiger partial charge in [0.2, 0.25) is 5.91 Å². The molecule has 1 heterocycles. The van der Waals surface area contributed by atoms with Crippen LogP contribution < -0.4 is 10.6 Å². The van der Waals surface area contributed by atoms with Crippen LogP contribution in [0.4, 0.5) is 0 Å². The molecule has 6 nitrogen and oxygen atoms in total. The predicted molar refractivity (Wildman–Crippen MR) is 81.3 cm³/mol. The van der Waals surface area contributed by atoms with Gasteiger partial charge in [-0.3, -0.25) is 4.79 Å². The van der Waals surface area contributed by atoms with Gasteiger partial charge >= 0.3 is 0 Å². The molecule has 0 spiro atoms. The van der Waals surface area contributed by atoms with Crippen LogP contribution >= 0.6 is 12.4 Å². The molecule has 1 unspecified atom stereocenters. The first-order chi connectivity index (χ1) is 9.11. The van der Waals surface area contributed by atoms with Crippen molar-refractivity contribution in [2.24, 2.45) is 0 Å². The normalized spacial score (nSPS) is 18.2. The first-order valence-electron chi connectivity index (χ1n) is 6.94. The zero-order chi connectivity index (χ0) is 14.1. The molecule has 0 aromatic heterocycles. The van der Waals surface area contributed by atoms with Crippen molar-refractivity contribution in [2.75, 3.05) is 53.0 Å². The van der Waals surface area contributed by atoms with E-state index < -0.39 is 0 Å². The molecule has 0 aromatic rings. The molecule has 20 heavy (non-hydrogen) atoms. The van der Waals surface area contributed by atoms with Gasteiger partial charge in [0.25, 0.3) is 0 Å². The summed E-state index contributed by atoms with van der Waals surface area (Å²) in [7, 11) is 1.64. The topological polar surface area (TPSA) is 73.8 Å². The summed E-state index contributed by atoms with van der Waals surface area (Å²) in [5.74, 6) is 0.192. The van der Waals surface area contributed by atoms with Gasteiger partial charge in [-0.1, -0.05) is 0 Å². The monoisotopic (exact) mass is 309 g/mol. The number of rotatable bonds is 8. The Bertz CT molecular complexity index is 268. The number of aliphatic hydroxyl groups excluding tert-OH is 1. The zero-order valence-electron chi connectivity index (χ0n) is 12.5. The molecule has 1 rings (SSSR count). The Kier molecular flexibility index (Phi) is 10.1. The molecule has 3 N–H and O–H groups in total. The van der Waals surface area contributed by atoms with Crippen LogP contribution in [0.1, 0.15) is 19.8 Å². The number of carbonyl (C=O) groups is 1. The minimum absolute atomic E-state index is 0. The molecule has 1 aliphatic rings. The maximum absolute atomic E-state index is 12.0. The molecule has 0 aromatic carbocycles. The highest BCUT2D eigenvalue weighted by Crippen LogP contribution is 2.09. The van der Waals surface area contributed by atoms with Gasteiger partial charge in [0.1, 0.15) is 0 Å². The van der Waals surface area contributed by atoms with Gasteiger partial charge in [-0.15, -0.1) is 12.4 Å². The first-order valence-corrected chi connectivity index (χ1v) is 6.94. The van der Waals surface area contributed by atoms with E-state index in [-0.39, 0.29) is 30.5 Å². The lowest BCUT2D eigenvalue weighted by Crippen LogP contribution is -2.50. The number of hydrogen-bond acceptors (Lipinski definition) is 5. The van der Waals surface area contributed by atoms with Crippen LogP contribution in [0.3, 0.4) is 0 Å². The molecule has 1 atom stereocenters. The fourth-order valence-corrected chi connectivity index (χ4v) is 2.32. The van der Waals surface area contributed by atoms with E-state index in [1.54, 1.807) is 7.11 Å². The van der Waals surface area contributed by atoms with Crippen molar-refractivity contribution < 1.29 is 14.6 Å². The average Bonchev–Trinajstić information content (AvgIpc) is 2.40. The Labute approximate surface area is 127 Å². The van der Waals surface area contributed by atoms with Gasteiger partial charge in [0.05, 0.1) is 6.61 Å². The lowest BCUT2D eigenvalue weighted by molar-refractivity contribution is -0.131. The standard InChI is InChI=1S/C13H27N3O3.ClH/c1-13(4-10-17,11-19-2)15-5-3-12(18)16-8-6-14-7-9-16;/h14-15,17H,3-11H2,1-2H3;1H. The summed E-state index contributed by atoms with van der Waals surface area (Å²) in [6.45, 7) is 6.60. The summed E-state index contributed by atoms with van der Waals surface area (Å²) < 4.78 is 5.16. The van der Waals surface area contributed by atoms with Gasteiger partial charge in [0.15, 0.2) is 0 Å². The second-order valence-electron chi connectivity index (χ2n) is 5.27. The van der Waals surface area contributed by atoms with Crippen molar-refractivity contribution in [3.8, 4) is 0 Å². The molecule has 1 fully saturated rings. The van der Waals surface area contributed by atoms with Crippen LogP contribution in [0, 0.1) is 0 Å². The minimum atomic E-state index is -0.271. The summed E-state index contributed by atoms with van der Waals surface area (Å²) in [5, 5.41) is 15.6. The zero-order valence-corrected chi connectivity index (χ0v) is 13.3. The largest absolute Gasteiger partial charge is 0.396 e. The second-order valence-corrected chi connectivity index (χ2v) is 5.27. The minimum Gasteiger partial charge on any atom is -0.396 e. The lowest BCUT2D eigenvalue weighted by Gasteiger charge is -2.31. The van der Waals surface area contributed by atoms with E-state index in [2.05, 4.69) is 10.6 Å². The van der Waals surface area contributed by atoms with Crippen molar-refractivity contribution in [1.29, 1.82) is 0 Å². The highest BCUT2D eigenvalue weighted by atomic mass is 35.5. The number of methoxy groups -OCH3 is 1. The number of piperazine rings is 1. The van der Waals surface area contributed by atoms with Gasteiger partial charge in [-0.05, 0) is 13.3 Å². The maximum atomic E-state index is 12.0. The van der Waals surface area contributed by atoms with Crippen LogP contribution in [0.5, 0.6) is 0 Å². The predicted octanol–water partition coefficient (Wildman–Crippen LogP) is -0.393. The SMILES string of the molecule is COCC(C)(CCO)NCCC(=O)N1CCNCC1.Cl. The smallest absolute Gasteiger partial charge is 0.223 e. The fourth-order valence-electron chi connectivity index (χ4n) is 2.32. The van der Waals surface area contributed by atoms with Crippen molar-refractivity contribution in [2.45, 2.75) is 25.3 Å². The van der Waals surface area contributed by atoms with Crippen molar-refractivity contribution in [3.05, 3.63) is 0 Å². The van der Waals surface area contributed by atoms with E-state index in [9.17, 15) is 4.79 Å². The molecule has 1 aliphatic heterocycles. The molecule has 0 aliphatic carbocycles. The van der Waals surface area contributed by atoms with Crippen LogP contribution in [-0.4, -0.2) is 74.5 Å². The molecule has 1 amide bonds. The maximum Gasteiger partial charge on any atom is 0.223 e. The number of aliphatic hydroxyl groups is 1. The number of carbonyl (C=O) groups excluding carboxylic acids is 1. The Morgan fingerprint density at radius 2 is 2.10 bits per heavy atom. The number of ether oxygens (including phenoxy) is 1. The van der Waals surface area contributed by atoms with E-state index in [1.165, 1.54) is 0 Å². The molecule has 120 valence electrons. The summed E-state index contributed by atoms with van der Waals surface area (Å²) in [5.41, 5.74) is -0.271. The summed E-state index contributed by atoms with van der Waals surface area (Å²) in [6.07, 6.45) is 1.10. The van der Waals surface area contributed by atoms with E-state index in [4.69, 9.17) is 9.84 Å². The van der Waals surface area contributed by atoms with Crippen LogP contribution in [0.15, 0.2) is 0 Å². The molecule has 7 heteroatoms. The van der Waals surface area contributed by atoms with Crippen LogP contribution in [-0.2, 0) is 9.53 Å². The quantitative estimate of drug-likeness (QED) is 0.569. The number of nitrogens with zero attached hydrogens (tertiary/aromatic N) is 1. The third-order valence-electron chi connectivity index (χ3n) is 3.49.